The average Bonchev–Trinajstić information content (AvgIpc) is 3.06. The Hall–Kier alpha value is -2.68. The first-order valence-corrected chi connectivity index (χ1v) is 11.3. The van der Waals surface area contributed by atoms with E-state index in [-0.39, 0.29) is 43.2 Å². The van der Waals surface area contributed by atoms with E-state index in [0.717, 1.165) is 22.7 Å². The number of aryl methyl sites for hydroxylation is 1. The molecule has 0 bridgehead atoms. The van der Waals surface area contributed by atoms with Crippen molar-refractivity contribution >= 4 is 27.8 Å². The molecule has 10 nitrogen and oxygen atoms in total. The van der Waals surface area contributed by atoms with Gasteiger partial charge in [-0.3, -0.25) is 4.79 Å². The monoisotopic (exact) mass is 492 g/mol. The van der Waals surface area contributed by atoms with Crippen LogP contribution in [-0.4, -0.2) is 63.1 Å². The third-order valence-corrected chi connectivity index (χ3v) is 6.34. The highest BCUT2D eigenvalue weighted by atomic mass is 32.2. The molecule has 0 spiro atoms. The SMILES string of the molecule is COCC1CCN(S(=O)(=O)NC(=O)c2coc(Nc3cc(C(F)(F)F)ccc3C)n2)CCO1. The molecule has 33 heavy (non-hydrogen) atoms. The smallest absolute Gasteiger partial charge is 0.416 e. The van der Waals surface area contributed by atoms with E-state index in [1.807, 2.05) is 4.72 Å². The molecule has 0 saturated carbocycles. The summed E-state index contributed by atoms with van der Waals surface area (Å²) < 4.78 is 82.6. The van der Waals surface area contributed by atoms with Crippen molar-refractivity contribution in [3.8, 4) is 0 Å². The predicted octanol–water partition coefficient (Wildman–Crippen LogP) is 2.46. The van der Waals surface area contributed by atoms with Gasteiger partial charge < -0.3 is 19.2 Å². The molecule has 2 heterocycles. The average molecular weight is 492 g/mol. The Kier molecular flexibility index (Phi) is 7.62. The molecule has 1 aliphatic rings. The summed E-state index contributed by atoms with van der Waals surface area (Å²) in [6.07, 6.45) is -3.51. The standard InChI is InChI=1S/C19H23F3N4O6S/c1-12-3-4-13(19(20,21)22)9-15(12)23-18-24-16(11-32-18)17(27)25-33(28,29)26-6-5-14(10-30-2)31-8-7-26/h3-4,9,11,14H,5-8,10H2,1-2H3,(H,23,24)(H,25,27). The van der Waals surface area contributed by atoms with E-state index in [1.54, 1.807) is 6.92 Å². The van der Waals surface area contributed by atoms with Gasteiger partial charge in [-0.1, -0.05) is 6.07 Å². The van der Waals surface area contributed by atoms with Crippen LogP contribution in [0.2, 0.25) is 0 Å². The number of amides is 1. The molecule has 1 saturated heterocycles. The van der Waals surface area contributed by atoms with Gasteiger partial charge in [0.2, 0.25) is 0 Å². The van der Waals surface area contributed by atoms with Crippen molar-refractivity contribution in [2.24, 2.45) is 0 Å². The van der Waals surface area contributed by atoms with Crippen LogP contribution < -0.4 is 10.0 Å². The maximum Gasteiger partial charge on any atom is 0.416 e. The molecule has 1 fully saturated rings. The van der Waals surface area contributed by atoms with Gasteiger partial charge in [0.1, 0.15) is 6.26 Å². The lowest BCUT2D eigenvalue weighted by Gasteiger charge is -2.19. The Balaban J connectivity index is 1.66. The zero-order valence-corrected chi connectivity index (χ0v) is 18.6. The number of nitrogens with one attached hydrogen (secondary N) is 2. The first kappa shape index (κ1) is 25.0. The fourth-order valence-corrected chi connectivity index (χ4v) is 4.21. The summed E-state index contributed by atoms with van der Waals surface area (Å²) in [5.74, 6) is -1.05. The molecule has 1 aliphatic heterocycles. The summed E-state index contributed by atoms with van der Waals surface area (Å²) in [5.41, 5.74) is -0.694. The number of rotatable bonds is 7. The Labute approximate surface area is 188 Å². The molecule has 1 amide bonds. The molecule has 0 radical (unpaired) electrons. The van der Waals surface area contributed by atoms with Gasteiger partial charge in [-0.15, -0.1) is 0 Å². The van der Waals surface area contributed by atoms with Gasteiger partial charge in [0, 0.05) is 25.9 Å². The minimum atomic E-state index is -4.54. The third kappa shape index (κ3) is 6.43. The molecule has 2 aromatic rings. The van der Waals surface area contributed by atoms with E-state index in [2.05, 4.69) is 10.3 Å². The number of halogens is 3. The number of carbonyl (C=O) groups excluding carboxylic acids is 1. The minimum Gasteiger partial charge on any atom is -0.431 e. The number of methoxy groups -OCH3 is 1. The molecule has 1 unspecified atom stereocenters. The molecule has 182 valence electrons. The van der Waals surface area contributed by atoms with Crippen molar-refractivity contribution in [2.75, 3.05) is 38.7 Å². The maximum absolute atomic E-state index is 12.9. The maximum atomic E-state index is 12.9. The molecular weight excluding hydrogens is 469 g/mol. The number of ether oxygens (including phenoxy) is 2. The predicted molar refractivity (Wildman–Crippen MR) is 110 cm³/mol. The Morgan fingerprint density at radius 1 is 1.33 bits per heavy atom. The van der Waals surface area contributed by atoms with Crippen molar-refractivity contribution < 1.29 is 40.3 Å². The summed E-state index contributed by atoms with van der Waals surface area (Å²) in [4.78, 5) is 16.2. The number of benzene rings is 1. The van der Waals surface area contributed by atoms with Crippen LogP contribution >= 0.6 is 0 Å². The second-order valence-electron chi connectivity index (χ2n) is 7.26. The number of nitrogens with zero attached hydrogens (tertiary/aromatic N) is 2. The van der Waals surface area contributed by atoms with E-state index >= 15 is 0 Å². The van der Waals surface area contributed by atoms with Crippen molar-refractivity contribution in [1.29, 1.82) is 0 Å². The second kappa shape index (κ2) is 10.1. The molecule has 14 heteroatoms. The van der Waals surface area contributed by atoms with E-state index in [1.165, 1.54) is 13.2 Å². The zero-order valence-electron chi connectivity index (χ0n) is 17.8. The van der Waals surface area contributed by atoms with Crippen molar-refractivity contribution in [3.05, 3.63) is 41.3 Å². The van der Waals surface area contributed by atoms with Crippen LogP contribution in [0.3, 0.4) is 0 Å². The fraction of sp³-hybridized carbons (Fsp3) is 0.474. The summed E-state index contributed by atoms with van der Waals surface area (Å²) in [5, 5.41) is 2.57. The van der Waals surface area contributed by atoms with Gasteiger partial charge >= 0.3 is 16.4 Å². The summed E-state index contributed by atoms with van der Waals surface area (Å²) in [6, 6.07) is 2.81. The summed E-state index contributed by atoms with van der Waals surface area (Å²) in [6.45, 7) is 2.20. The van der Waals surface area contributed by atoms with Gasteiger partial charge in [-0.25, -0.2) is 4.72 Å². The first-order chi connectivity index (χ1) is 15.5. The lowest BCUT2D eigenvalue weighted by Crippen LogP contribution is -2.44. The normalized spacial score (nSPS) is 18.0. The van der Waals surface area contributed by atoms with E-state index in [9.17, 15) is 26.4 Å². The van der Waals surface area contributed by atoms with Crippen LogP contribution in [0.25, 0.3) is 0 Å². The zero-order chi connectivity index (χ0) is 24.2. The molecule has 1 atom stereocenters. The van der Waals surface area contributed by atoms with Gasteiger partial charge in [0.15, 0.2) is 5.69 Å². The van der Waals surface area contributed by atoms with Crippen LogP contribution in [0.15, 0.2) is 28.9 Å². The van der Waals surface area contributed by atoms with Gasteiger partial charge in [-0.2, -0.15) is 30.9 Å². The molecular formula is C19H23F3N4O6S. The van der Waals surface area contributed by atoms with Crippen LogP contribution in [0.4, 0.5) is 24.9 Å². The second-order valence-corrected chi connectivity index (χ2v) is 8.93. The lowest BCUT2D eigenvalue weighted by molar-refractivity contribution is -0.137. The lowest BCUT2D eigenvalue weighted by atomic mass is 10.1. The van der Waals surface area contributed by atoms with E-state index in [0.29, 0.717) is 18.6 Å². The van der Waals surface area contributed by atoms with Gasteiger partial charge in [0.25, 0.3) is 11.9 Å². The van der Waals surface area contributed by atoms with Crippen LogP contribution in [0.1, 0.15) is 28.0 Å². The summed E-state index contributed by atoms with van der Waals surface area (Å²) >= 11 is 0. The molecule has 1 aromatic carbocycles. The molecule has 0 aliphatic carbocycles. The van der Waals surface area contributed by atoms with Crippen molar-refractivity contribution in [1.82, 2.24) is 14.0 Å². The number of carbonyl (C=O) groups is 1. The number of oxazole rings is 1. The van der Waals surface area contributed by atoms with E-state index < -0.39 is 27.9 Å². The van der Waals surface area contributed by atoms with Gasteiger partial charge in [-0.05, 0) is 31.0 Å². The summed E-state index contributed by atoms with van der Waals surface area (Å²) in [7, 11) is -2.67. The van der Waals surface area contributed by atoms with Crippen LogP contribution in [0, 0.1) is 6.92 Å². The van der Waals surface area contributed by atoms with E-state index in [4.69, 9.17) is 13.9 Å². The topological polar surface area (TPSA) is 123 Å². The van der Waals surface area contributed by atoms with Crippen LogP contribution in [-0.2, 0) is 25.9 Å². The fourth-order valence-electron chi connectivity index (χ4n) is 3.08. The Morgan fingerprint density at radius 3 is 2.79 bits per heavy atom. The number of anilines is 2. The number of aromatic nitrogens is 1. The van der Waals surface area contributed by atoms with Crippen LogP contribution in [0.5, 0.6) is 0 Å². The van der Waals surface area contributed by atoms with Gasteiger partial charge in [0.05, 0.1) is 24.9 Å². The first-order valence-electron chi connectivity index (χ1n) is 9.83. The molecule has 1 aromatic heterocycles. The number of hydrogen-bond acceptors (Lipinski definition) is 8. The minimum absolute atomic E-state index is 0.0449. The Bertz CT molecular complexity index is 1090. The third-order valence-electron chi connectivity index (χ3n) is 4.85. The number of alkyl halides is 3. The highest BCUT2D eigenvalue weighted by Gasteiger charge is 2.31. The Morgan fingerprint density at radius 2 is 2.09 bits per heavy atom. The number of hydrogen-bond donors (Lipinski definition) is 2. The molecule has 2 N–H and O–H groups in total. The molecule has 3 rings (SSSR count). The highest BCUT2D eigenvalue weighted by Crippen LogP contribution is 2.33. The highest BCUT2D eigenvalue weighted by molar-refractivity contribution is 7.87. The quantitative estimate of drug-likeness (QED) is 0.604. The van der Waals surface area contributed by atoms with Crippen molar-refractivity contribution in [3.63, 3.8) is 0 Å². The largest absolute Gasteiger partial charge is 0.431 e. The van der Waals surface area contributed by atoms with Crippen molar-refractivity contribution in [2.45, 2.75) is 25.6 Å².